The van der Waals surface area contributed by atoms with E-state index in [2.05, 4.69) is 35.2 Å². The molecule has 0 bridgehead atoms. The zero-order valence-corrected chi connectivity index (χ0v) is 10.9. The maximum atomic E-state index is 3.57. The Morgan fingerprint density at radius 1 is 1.33 bits per heavy atom. The molecule has 2 nitrogen and oxygen atoms in total. The monoisotopic (exact) mass is 228 g/mol. The van der Waals surface area contributed by atoms with Gasteiger partial charge in [0.1, 0.15) is 0 Å². The number of hydrogen-bond acceptors (Lipinski definition) is 3. The number of piperidine rings is 1. The van der Waals surface area contributed by atoms with Crippen molar-refractivity contribution in [3.63, 3.8) is 0 Å². The largest absolute Gasteiger partial charge is 0.314 e. The molecule has 0 aromatic heterocycles. The predicted octanol–water partition coefficient (Wildman–Crippen LogP) is 1.96. The quantitative estimate of drug-likeness (QED) is 0.774. The first-order chi connectivity index (χ1) is 7.28. The highest BCUT2D eigenvalue weighted by atomic mass is 32.2. The average molecular weight is 228 g/mol. The van der Waals surface area contributed by atoms with Gasteiger partial charge in [0.2, 0.25) is 0 Å². The number of nitrogens with zero attached hydrogens (tertiary/aromatic N) is 1. The molecule has 2 fully saturated rings. The van der Waals surface area contributed by atoms with Crippen molar-refractivity contribution in [1.82, 2.24) is 10.2 Å². The van der Waals surface area contributed by atoms with E-state index in [9.17, 15) is 0 Å². The van der Waals surface area contributed by atoms with Crippen LogP contribution < -0.4 is 5.32 Å². The number of nitrogens with one attached hydrogen (secondary N) is 1. The molecule has 2 rings (SSSR count). The van der Waals surface area contributed by atoms with Crippen LogP contribution in [0.2, 0.25) is 0 Å². The van der Waals surface area contributed by atoms with E-state index in [1.807, 2.05) is 0 Å². The fourth-order valence-corrected chi connectivity index (χ4v) is 3.38. The SMILES string of the molecule is CCNC1CCN(CC2(SC)CC2)CC1. The Morgan fingerprint density at radius 3 is 2.47 bits per heavy atom. The van der Waals surface area contributed by atoms with Crippen molar-refractivity contribution in [2.24, 2.45) is 0 Å². The summed E-state index contributed by atoms with van der Waals surface area (Å²) in [6.07, 6.45) is 7.86. The van der Waals surface area contributed by atoms with Crippen LogP contribution in [0.15, 0.2) is 0 Å². The summed E-state index contributed by atoms with van der Waals surface area (Å²) in [6, 6.07) is 0.788. The minimum Gasteiger partial charge on any atom is -0.314 e. The summed E-state index contributed by atoms with van der Waals surface area (Å²) >= 11 is 2.09. The van der Waals surface area contributed by atoms with Crippen LogP contribution in [0.1, 0.15) is 32.6 Å². The highest BCUT2D eigenvalue weighted by Crippen LogP contribution is 2.47. The molecule has 0 radical (unpaired) electrons. The number of hydrogen-bond donors (Lipinski definition) is 1. The van der Waals surface area contributed by atoms with Gasteiger partial charge >= 0.3 is 0 Å². The van der Waals surface area contributed by atoms with Gasteiger partial charge < -0.3 is 10.2 Å². The second-order valence-corrected chi connectivity index (χ2v) is 6.27. The van der Waals surface area contributed by atoms with Crippen LogP contribution in [0.3, 0.4) is 0 Å². The van der Waals surface area contributed by atoms with Gasteiger partial charge in [0.25, 0.3) is 0 Å². The minimum absolute atomic E-state index is 0.658. The average Bonchev–Trinajstić information content (AvgIpc) is 3.02. The molecule has 0 aromatic rings. The molecule has 88 valence electrons. The lowest BCUT2D eigenvalue weighted by molar-refractivity contribution is 0.197. The lowest BCUT2D eigenvalue weighted by Gasteiger charge is -2.34. The normalized spacial score (nSPS) is 26.8. The first-order valence-electron chi connectivity index (χ1n) is 6.29. The second kappa shape index (κ2) is 5.07. The molecule has 1 aliphatic carbocycles. The Bertz CT molecular complexity index is 196. The Balaban J connectivity index is 1.69. The molecule has 1 saturated heterocycles. The van der Waals surface area contributed by atoms with Crippen molar-refractivity contribution in [2.75, 3.05) is 32.4 Å². The Kier molecular flexibility index (Phi) is 3.97. The predicted molar refractivity (Wildman–Crippen MR) is 68.6 cm³/mol. The third-order valence-electron chi connectivity index (χ3n) is 3.83. The molecule has 1 saturated carbocycles. The molecular weight excluding hydrogens is 204 g/mol. The maximum absolute atomic E-state index is 3.57. The Morgan fingerprint density at radius 2 is 2.00 bits per heavy atom. The van der Waals surface area contributed by atoms with Crippen molar-refractivity contribution in [3.05, 3.63) is 0 Å². The molecule has 0 atom stereocenters. The summed E-state index contributed by atoms with van der Waals surface area (Å²) in [7, 11) is 0. The van der Waals surface area contributed by atoms with Crippen molar-refractivity contribution >= 4 is 11.8 Å². The molecule has 0 amide bonds. The highest BCUT2D eigenvalue weighted by Gasteiger charge is 2.43. The van der Waals surface area contributed by atoms with Crippen molar-refractivity contribution in [3.8, 4) is 0 Å². The van der Waals surface area contributed by atoms with E-state index in [1.165, 1.54) is 45.3 Å². The Labute approximate surface area is 98.2 Å². The Hall–Kier alpha value is 0.270. The third kappa shape index (κ3) is 3.11. The standard InChI is InChI=1S/C12H24N2S/c1-3-13-11-4-8-14(9-5-11)10-12(15-2)6-7-12/h11,13H,3-10H2,1-2H3. The number of rotatable bonds is 5. The molecule has 1 heterocycles. The van der Waals surface area contributed by atoms with Gasteiger partial charge in [-0.25, -0.2) is 0 Å². The molecule has 1 N–H and O–H groups in total. The zero-order chi connectivity index (χ0) is 10.7. The summed E-state index contributed by atoms with van der Waals surface area (Å²) in [5, 5.41) is 3.57. The molecular formula is C12H24N2S. The summed E-state index contributed by atoms with van der Waals surface area (Å²) in [6.45, 7) is 7.28. The zero-order valence-electron chi connectivity index (χ0n) is 10.1. The van der Waals surface area contributed by atoms with E-state index in [-0.39, 0.29) is 0 Å². The first kappa shape index (κ1) is 11.7. The van der Waals surface area contributed by atoms with Gasteiger partial charge in [0.05, 0.1) is 0 Å². The van der Waals surface area contributed by atoms with E-state index >= 15 is 0 Å². The molecule has 2 aliphatic rings. The van der Waals surface area contributed by atoms with Crippen LogP contribution in [0.4, 0.5) is 0 Å². The van der Waals surface area contributed by atoms with Crippen LogP contribution in [-0.4, -0.2) is 48.1 Å². The molecule has 15 heavy (non-hydrogen) atoms. The first-order valence-corrected chi connectivity index (χ1v) is 7.51. The number of thioether (sulfide) groups is 1. The number of likely N-dealkylation sites (tertiary alicyclic amines) is 1. The van der Waals surface area contributed by atoms with Gasteiger partial charge in [-0.3, -0.25) is 0 Å². The van der Waals surface area contributed by atoms with E-state index in [0.717, 1.165) is 12.6 Å². The summed E-state index contributed by atoms with van der Waals surface area (Å²) in [5.74, 6) is 0. The van der Waals surface area contributed by atoms with Gasteiger partial charge in [-0.05, 0) is 51.6 Å². The fraction of sp³-hybridized carbons (Fsp3) is 1.00. The lowest BCUT2D eigenvalue weighted by Crippen LogP contribution is -2.44. The lowest BCUT2D eigenvalue weighted by atomic mass is 10.0. The minimum atomic E-state index is 0.658. The van der Waals surface area contributed by atoms with Gasteiger partial charge in [-0.15, -0.1) is 0 Å². The second-order valence-electron chi connectivity index (χ2n) is 5.00. The van der Waals surface area contributed by atoms with Crippen molar-refractivity contribution in [2.45, 2.75) is 43.4 Å². The van der Waals surface area contributed by atoms with Crippen LogP contribution in [0.5, 0.6) is 0 Å². The molecule has 0 spiro atoms. The topological polar surface area (TPSA) is 15.3 Å². The molecule has 1 aliphatic heterocycles. The van der Waals surface area contributed by atoms with Gasteiger partial charge in [-0.2, -0.15) is 11.8 Å². The van der Waals surface area contributed by atoms with Crippen molar-refractivity contribution < 1.29 is 0 Å². The van der Waals surface area contributed by atoms with Crippen molar-refractivity contribution in [1.29, 1.82) is 0 Å². The van der Waals surface area contributed by atoms with Gasteiger partial charge in [0.15, 0.2) is 0 Å². The van der Waals surface area contributed by atoms with Crippen LogP contribution in [0.25, 0.3) is 0 Å². The summed E-state index contributed by atoms with van der Waals surface area (Å²) in [4.78, 5) is 2.68. The van der Waals surface area contributed by atoms with E-state index in [0.29, 0.717) is 4.75 Å². The van der Waals surface area contributed by atoms with Crippen LogP contribution in [0, 0.1) is 0 Å². The smallest absolute Gasteiger partial charge is 0.0285 e. The van der Waals surface area contributed by atoms with Crippen LogP contribution in [-0.2, 0) is 0 Å². The van der Waals surface area contributed by atoms with E-state index < -0.39 is 0 Å². The summed E-state index contributed by atoms with van der Waals surface area (Å²) < 4.78 is 0.658. The highest BCUT2D eigenvalue weighted by molar-refractivity contribution is 8.00. The third-order valence-corrected chi connectivity index (χ3v) is 5.24. The summed E-state index contributed by atoms with van der Waals surface area (Å²) in [5.41, 5.74) is 0. The van der Waals surface area contributed by atoms with Crippen LogP contribution >= 0.6 is 11.8 Å². The molecule has 0 unspecified atom stereocenters. The maximum Gasteiger partial charge on any atom is 0.0285 e. The fourth-order valence-electron chi connectivity index (χ4n) is 2.56. The van der Waals surface area contributed by atoms with E-state index in [4.69, 9.17) is 0 Å². The van der Waals surface area contributed by atoms with E-state index in [1.54, 1.807) is 0 Å². The van der Waals surface area contributed by atoms with Gasteiger partial charge in [-0.1, -0.05) is 6.92 Å². The molecule has 0 aromatic carbocycles. The molecule has 3 heteroatoms. The van der Waals surface area contributed by atoms with Gasteiger partial charge in [0, 0.05) is 17.3 Å².